The van der Waals surface area contributed by atoms with E-state index in [4.69, 9.17) is 4.42 Å². The van der Waals surface area contributed by atoms with Crippen molar-refractivity contribution in [3.8, 4) is 0 Å². The zero-order valence-electron chi connectivity index (χ0n) is 13.2. The van der Waals surface area contributed by atoms with E-state index < -0.39 is 0 Å². The van der Waals surface area contributed by atoms with Gasteiger partial charge >= 0.3 is 0 Å². The molecule has 0 atom stereocenters. The van der Waals surface area contributed by atoms with E-state index in [-0.39, 0.29) is 12.5 Å². The fraction of sp³-hybridized carbons (Fsp3) is 0.118. The zero-order chi connectivity index (χ0) is 17.1. The van der Waals surface area contributed by atoms with Gasteiger partial charge in [-0.1, -0.05) is 30.3 Å². The Hall–Kier alpha value is -3.55. The Morgan fingerprint density at radius 2 is 2.04 bits per heavy atom. The minimum atomic E-state index is -0.226. The fourth-order valence-corrected chi connectivity index (χ4v) is 2.50. The van der Waals surface area contributed by atoms with Gasteiger partial charge in [0, 0.05) is 18.2 Å². The number of hydrogen-bond donors (Lipinski definition) is 1. The van der Waals surface area contributed by atoms with Crippen LogP contribution in [0.25, 0.3) is 11.1 Å². The van der Waals surface area contributed by atoms with Gasteiger partial charge in [-0.25, -0.2) is 9.67 Å². The smallest absolute Gasteiger partial charge is 0.246 e. The molecule has 0 radical (unpaired) electrons. The van der Waals surface area contributed by atoms with Gasteiger partial charge in [-0.3, -0.25) is 4.79 Å². The van der Waals surface area contributed by atoms with Crippen molar-refractivity contribution in [3.63, 3.8) is 0 Å². The normalized spacial score (nSPS) is 10.9. The van der Waals surface area contributed by atoms with Crippen molar-refractivity contribution in [3.05, 3.63) is 66.3 Å². The van der Waals surface area contributed by atoms with E-state index >= 15 is 0 Å². The number of benzene rings is 2. The quantitative estimate of drug-likeness (QED) is 0.600. The molecule has 25 heavy (non-hydrogen) atoms. The highest BCUT2D eigenvalue weighted by Gasteiger charge is 2.09. The minimum absolute atomic E-state index is 0.0424. The second-order valence-corrected chi connectivity index (χ2v) is 5.51. The molecule has 0 bridgehead atoms. The highest BCUT2D eigenvalue weighted by molar-refractivity contribution is 5.92. The molecule has 8 nitrogen and oxygen atoms in total. The highest BCUT2D eigenvalue weighted by Crippen LogP contribution is 2.21. The zero-order valence-corrected chi connectivity index (χ0v) is 13.2. The van der Waals surface area contributed by atoms with Gasteiger partial charge in [-0.2, -0.15) is 0 Å². The van der Waals surface area contributed by atoms with Gasteiger partial charge in [0.2, 0.25) is 5.91 Å². The number of anilines is 1. The third-order valence-corrected chi connectivity index (χ3v) is 3.61. The number of fused-ring (bicyclic) bond motifs is 1. The van der Waals surface area contributed by atoms with E-state index in [1.54, 1.807) is 12.1 Å². The molecule has 4 rings (SSSR count). The maximum Gasteiger partial charge on any atom is 0.246 e. The van der Waals surface area contributed by atoms with Crippen molar-refractivity contribution in [2.75, 3.05) is 5.32 Å². The Morgan fingerprint density at radius 3 is 2.84 bits per heavy atom. The lowest BCUT2D eigenvalue weighted by Gasteiger charge is -2.03. The van der Waals surface area contributed by atoms with Crippen LogP contribution in [-0.2, 0) is 17.8 Å². The predicted octanol–water partition coefficient (Wildman–Crippen LogP) is 2.04. The van der Waals surface area contributed by atoms with Crippen LogP contribution in [0.5, 0.6) is 0 Å². The van der Waals surface area contributed by atoms with E-state index in [0.29, 0.717) is 23.6 Å². The van der Waals surface area contributed by atoms with Crippen molar-refractivity contribution in [1.29, 1.82) is 0 Å². The molecule has 124 valence electrons. The molecule has 0 saturated carbocycles. The van der Waals surface area contributed by atoms with Gasteiger partial charge in [-0.05, 0) is 28.1 Å². The van der Waals surface area contributed by atoms with E-state index in [1.165, 1.54) is 11.0 Å². The summed E-state index contributed by atoms with van der Waals surface area (Å²) in [5, 5.41) is 13.4. The number of rotatable bonds is 5. The summed E-state index contributed by atoms with van der Waals surface area (Å²) < 4.78 is 7.15. The van der Waals surface area contributed by atoms with Gasteiger partial charge in [0.25, 0.3) is 0 Å². The number of aromatic nitrogens is 5. The molecule has 1 N–H and O–H groups in total. The number of nitrogens with zero attached hydrogens (tertiary/aromatic N) is 5. The summed E-state index contributed by atoms with van der Waals surface area (Å²) in [6, 6.07) is 15.4. The number of nitrogens with one attached hydrogen (secondary N) is 1. The number of carbonyl (C=O) groups is 1. The van der Waals surface area contributed by atoms with Crippen molar-refractivity contribution in [1.82, 2.24) is 25.2 Å². The molecule has 8 heteroatoms. The van der Waals surface area contributed by atoms with Crippen LogP contribution in [0.1, 0.15) is 11.5 Å². The summed E-state index contributed by atoms with van der Waals surface area (Å²) in [4.78, 5) is 16.5. The molecular formula is C17H14N6O2. The van der Waals surface area contributed by atoms with E-state index in [9.17, 15) is 4.79 Å². The molecular weight excluding hydrogens is 320 g/mol. The molecule has 0 unspecified atom stereocenters. The first-order valence-corrected chi connectivity index (χ1v) is 7.70. The summed E-state index contributed by atoms with van der Waals surface area (Å²) in [5.74, 6) is 0.411. The van der Waals surface area contributed by atoms with Gasteiger partial charge in [0.1, 0.15) is 18.4 Å². The Bertz CT molecular complexity index is 995. The highest BCUT2D eigenvalue weighted by atomic mass is 16.3. The van der Waals surface area contributed by atoms with Gasteiger partial charge in [0.05, 0.1) is 0 Å². The van der Waals surface area contributed by atoms with E-state index in [2.05, 4.69) is 25.8 Å². The van der Waals surface area contributed by atoms with Gasteiger partial charge < -0.3 is 9.73 Å². The molecule has 2 aromatic carbocycles. The van der Waals surface area contributed by atoms with Gasteiger partial charge in [0.15, 0.2) is 11.5 Å². The van der Waals surface area contributed by atoms with Crippen LogP contribution in [-0.4, -0.2) is 31.1 Å². The van der Waals surface area contributed by atoms with Crippen molar-refractivity contribution in [2.45, 2.75) is 13.0 Å². The molecule has 1 amide bonds. The monoisotopic (exact) mass is 334 g/mol. The summed E-state index contributed by atoms with van der Waals surface area (Å²) in [7, 11) is 0. The lowest BCUT2D eigenvalue weighted by atomic mass is 10.1. The van der Waals surface area contributed by atoms with Gasteiger partial charge in [-0.15, -0.1) is 5.10 Å². The molecule has 0 fully saturated rings. The first-order valence-electron chi connectivity index (χ1n) is 7.70. The van der Waals surface area contributed by atoms with Crippen LogP contribution in [0.4, 0.5) is 5.69 Å². The second kappa shape index (κ2) is 6.52. The predicted molar refractivity (Wildman–Crippen MR) is 89.7 cm³/mol. The summed E-state index contributed by atoms with van der Waals surface area (Å²) >= 11 is 0. The van der Waals surface area contributed by atoms with Crippen molar-refractivity contribution in [2.24, 2.45) is 0 Å². The third-order valence-electron chi connectivity index (χ3n) is 3.61. The summed E-state index contributed by atoms with van der Waals surface area (Å²) in [5.41, 5.74) is 3.15. The lowest BCUT2D eigenvalue weighted by Crippen LogP contribution is -2.19. The summed E-state index contributed by atoms with van der Waals surface area (Å²) in [6.07, 6.45) is 2.01. The molecule has 0 aliphatic rings. The number of hydrogen-bond acceptors (Lipinski definition) is 6. The maximum atomic E-state index is 12.0. The molecule has 0 saturated heterocycles. The molecule has 4 aromatic rings. The maximum absolute atomic E-state index is 12.0. The number of tetrazole rings is 1. The molecule has 2 heterocycles. The first-order chi connectivity index (χ1) is 12.3. The summed E-state index contributed by atoms with van der Waals surface area (Å²) in [6.45, 7) is 0.0424. The largest absolute Gasteiger partial charge is 0.440 e. The average Bonchev–Trinajstić information content (AvgIpc) is 3.24. The lowest BCUT2D eigenvalue weighted by molar-refractivity contribution is -0.116. The van der Waals surface area contributed by atoms with Crippen LogP contribution >= 0.6 is 0 Å². The van der Waals surface area contributed by atoms with Crippen molar-refractivity contribution < 1.29 is 9.21 Å². The Labute approximate surface area is 142 Å². The standard InChI is InChI=1S/C17H14N6O2/c24-16(10-23-11-18-21-22-23)19-13-6-7-14-15(9-13)25-17(20-14)8-12-4-2-1-3-5-12/h1-7,9,11H,8,10H2,(H,19,24). The fourth-order valence-electron chi connectivity index (χ4n) is 2.50. The van der Waals surface area contributed by atoms with Crippen LogP contribution in [0.2, 0.25) is 0 Å². The second-order valence-electron chi connectivity index (χ2n) is 5.51. The van der Waals surface area contributed by atoms with Crippen molar-refractivity contribution >= 4 is 22.7 Å². The van der Waals surface area contributed by atoms with E-state index in [1.807, 2.05) is 36.4 Å². The van der Waals surface area contributed by atoms with Crippen LogP contribution in [0, 0.1) is 0 Å². The molecule has 2 aromatic heterocycles. The van der Waals surface area contributed by atoms with Crippen LogP contribution in [0.3, 0.4) is 0 Å². The molecule has 0 spiro atoms. The third kappa shape index (κ3) is 3.52. The van der Waals surface area contributed by atoms with E-state index in [0.717, 1.165) is 11.1 Å². The van der Waals surface area contributed by atoms with Crippen LogP contribution in [0.15, 0.2) is 59.3 Å². The number of carbonyl (C=O) groups excluding carboxylic acids is 1. The Balaban J connectivity index is 1.49. The SMILES string of the molecule is O=C(Cn1cnnn1)Nc1ccc2nc(Cc3ccccc3)oc2c1. The average molecular weight is 334 g/mol. The Morgan fingerprint density at radius 1 is 1.16 bits per heavy atom. The number of amides is 1. The Kier molecular flexibility index (Phi) is 3.91. The molecule has 0 aliphatic carbocycles. The minimum Gasteiger partial charge on any atom is -0.440 e. The first kappa shape index (κ1) is 15.0. The number of oxazole rings is 1. The van der Waals surface area contributed by atoms with Crippen LogP contribution < -0.4 is 5.32 Å². The topological polar surface area (TPSA) is 98.7 Å². The molecule has 0 aliphatic heterocycles.